The van der Waals surface area contributed by atoms with Crippen molar-refractivity contribution < 1.29 is 14.0 Å². The molecule has 0 atom stereocenters. The predicted octanol–water partition coefficient (Wildman–Crippen LogP) is 4.31. The Morgan fingerprint density at radius 2 is 2.00 bits per heavy atom. The van der Waals surface area contributed by atoms with E-state index in [9.17, 15) is 14.0 Å². The van der Waals surface area contributed by atoms with Crippen molar-refractivity contribution in [3.8, 4) is 0 Å². The van der Waals surface area contributed by atoms with Crippen molar-refractivity contribution in [1.29, 1.82) is 0 Å². The summed E-state index contributed by atoms with van der Waals surface area (Å²) in [5, 5.41) is 0. The fraction of sp³-hybridized carbons (Fsp3) is 0.429. The molecule has 0 N–H and O–H groups in total. The van der Waals surface area contributed by atoms with Crippen LogP contribution in [0.15, 0.2) is 22.7 Å². The van der Waals surface area contributed by atoms with Crippen LogP contribution in [-0.2, 0) is 4.79 Å². The molecule has 0 fully saturated rings. The number of benzene rings is 1. The Hall–Kier alpha value is -1.03. The van der Waals surface area contributed by atoms with Gasteiger partial charge < -0.3 is 0 Å². The van der Waals surface area contributed by atoms with E-state index in [2.05, 4.69) is 15.9 Å². The van der Waals surface area contributed by atoms with Crippen LogP contribution < -0.4 is 0 Å². The highest BCUT2D eigenvalue weighted by atomic mass is 79.9. The average molecular weight is 315 g/mol. The molecule has 0 bridgehead atoms. The summed E-state index contributed by atoms with van der Waals surface area (Å²) in [5.74, 6) is -1.15. The van der Waals surface area contributed by atoms with Gasteiger partial charge in [0.2, 0.25) is 0 Å². The van der Waals surface area contributed by atoms with Gasteiger partial charge in [0.1, 0.15) is 11.6 Å². The number of halogens is 2. The van der Waals surface area contributed by atoms with Crippen LogP contribution in [0, 0.1) is 5.82 Å². The fourth-order valence-corrected chi connectivity index (χ4v) is 2.01. The number of hydrogen-bond acceptors (Lipinski definition) is 2. The van der Waals surface area contributed by atoms with E-state index in [1.807, 2.05) is 6.92 Å². The minimum absolute atomic E-state index is 0.0202. The second kappa shape index (κ2) is 7.41. The summed E-state index contributed by atoms with van der Waals surface area (Å²) in [6.07, 6.45) is 2.99. The van der Waals surface area contributed by atoms with Crippen molar-refractivity contribution in [3.63, 3.8) is 0 Å². The maximum Gasteiger partial charge on any atom is 0.173 e. The first-order chi connectivity index (χ1) is 8.54. The molecule has 0 aliphatic heterocycles. The van der Waals surface area contributed by atoms with Crippen LogP contribution in [-0.4, -0.2) is 11.6 Å². The molecule has 4 heteroatoms. The van der Waals surface area contributed by atoms with Crippen molar-refractivity contribution in [1.82, 2.24) is 0 Å². The molecule has 0 saturated heterocycles. The lowest BCUT2D eigenvalue weighted by atomic mass is 10.0. The highest BCUT2D eigenvalue weighted by Gasteiger charge is 2.15. The zero-order chi connectivity index (χ0) is 13.5. The van der Waals surface area contributed by atoms with Gasteiger partial charge in [-0.2, -0.15) is 0 Å². The molecule has 0 aliphatic rings. The fourth-order valence-electron chi connectivity index (χ4n) is 1.65. The first-order valence-electron chi connectivity index (χ1n) is 6.04. The van der Waals surface area contributed by atoms with E-state index < -0.39 is 11.6 Å². The molecular weight excluding hydrogens is 299 g/mol. The number of hydrogen-bond donors (Lipinski definition) is 0. The lowest BCUT2D eigenvalue weighted by Gasteiger charge is -2.03. The Labute approximate surface area is 115 Å². The molecule has 1 rings (SSSR count). The third kappa shape index (κ3) is 4.69. The van der Waals surface area contributed by atoms with Crippen LogP contribution in [0.1, 0.15) is 49.4 Å². The van der Waals surface area contributed by atoms with Gasteiger partial charge in [-0.15, -0.1) is 0 Å². The first-order valence-corrected chi connectivity index (χ1v) is 6.84. The molecule has 98 valence electrons. The zero-order valence-corrected chi connectivity index (χ0v) is 11.9. The minimum atomic E-state index is -0.579. The molecule has 0 heterocycles. The normalized spacial score (nSPS) is 10.4. The Balaban J connectivity index is 2.59. The van der Waals surface area contributed by atoms with E-state index in [4.69, 9.17) is 0 Å². The second-order valence-electron chi connectivity index (χ2n) is 4.22. The minimum Gasteiger partial charge on any atom is -0.299 e. The monoisotopic (exact) mass is 314 g/mol. The predicted molar refractivity (Wildman–Crippen MR) is 72.2 cm³/mol. The van der Waals surface area contributed by atoms with Gasteiger partial charge >= 0.3 is 0 Å². The third-order valence-corrected chi connectivity index (χ3v) is 3.14. The molecule has 18 heavy (non-hydrogen) atoms. The van der Waals surface area contributed by atoms with Crippen LogP contribution >= 0.6 is 15.9 Å². The van der Waals surface area contributed by atoms with E-state index in [0.717, 1.165) is 19.3 Å². The number of Topliss-reactive ketones (excluding diaryl/α,β-unsaturated/α-hetero) is 2. The molecule has 0 spiro atoms. The van der Waals surface area contributed by atoms with E-state index in [1.165, 1.54) is 18.2 Å². The lowest BCUT2D eigenvalue weighted by molar-refractivity contribution is -0.118. The van der Waals surface area contributed by atoms with E-state index in [-0.39, 0.29) is 17.8 Å². The van der Waals surface area contributed by atoms with Gasteiger partial charge in [-0.25, -0.2) is 4.39 Å². The summed E-state index contributed by atoms with van der Waals surface area (Å²) in [7, 11) is 0. The topological polar surface area (TPSA) is 34.1 Å². The van der Waals surface area contributed by atoms with Crippen molar-refractivity contribution in [3.05, 3.63) is 34.1 Å². The second-order valence-corrected chi connectivity index (χ2v) is 5.14. The molecule has 0 amide bonds. The van der Waals surface area contributed by atoms with Crippen LogP contribution in [0.2, 0.25) is 0 Å². The van der Waals surface area contributed by atoms with Gasteiger partial charge in [0.05, 0.1) is 12.0 Å². The average Bonchev–Trinajstić information content (AvgIpc) is 2.32. The van der Waals surface area contributed by atoms with Crippen molar-refractivity contribution in [2.24, 2.45) is 0 Å². The van der Waals surface area contributed by atoms with Gasteiger partial charge in [-0.05, 0) is 24.6 Å². The third-order valence-electron chi connectivity index (χ3n) is 2.65. The highest BCUT2D eigenvalue weighted by Crippen LogP contribution is 2.17. The quantitative estimate of drug-likeness (QED) is 0.427. The summed E-state index contributed by atoms with van der Waals surface area (Å²) in [4.78, 5) is 23.3. The molecule has 1 aromatic rings. The molecule has 0 unspecified atom stereocenters. The number of carbonyl (C=O) groups excluding carboxylic acids is 2. The Bertz CT molecular complexity index is 443. The van der Waals surface area contributed by atoms with Gasteiger partial charge in [0.15, 0.2) is 5.78 Å². The molecular formula is C14H16BrFO2. The van der Waals surface area contributed by atoms with Gasteiger partial charge in [0.25, 0.3) is 0 Å². The maximum atomic E-state index is 13.4. The summed E-state index contributed by atoms with van der Waals surface area (Å²) in [6.45, 7) is 2.05. The summed E-state index contributed by atoms with van der Waals surface area (Å²) < 4.78 is 14.1. The van der Waals surface area contributed by atoms with Crippen molar-refractivity contribution >= 4 is 27.5 Å². The van der Waals surface area contributed by atoms with E-state index >= 15 is 0 Å². The Kier molecular flexibility index (Phi) is 6.19. The summed E-state index contributed by atoms with van der Waals surface area (Å²) in [6, 6.07) is 4.16. The largest absolute Gasteiger partial charge is 0.299 e. The maximum absolute atomic E-state index is 13.4. The van der Waals surface area contributed by atoms with Crippen LogP contribution in [0.4, 0.5) is 4.39 Å². The Morgan fingerprint density at radius 1 is 1.28 bits per heavy atom. The molecule has 0 aromatic heterocycles. The van der Waals surface area contributed by atoms with Crippen LogP contribution in [0.3, 0.4) is 0 Å². The van der Waals surface area contributed by atoms with E-state index in [1.54, 1.807) is 0 Å². The lowest BCUT2D eigenvalue weighted by Crippen LogP contribution is -2.09. The smallest absolute Gasteiger partial charge is 0.173 e. The van der Waals surface area contributed by atoms with Crippen molar-refractivity contribution in [2.75, 3.05) is 0 Å². The van der Waals surface area contributed by atoms with Gasteiger partial charge in [-0.3, -0.25) is 9.59 Å². The number of carbonyl (C=O) groups is 2. The Morgan fingerprint density at radius 3 is 2.67 bits per heavy atom. The molecule has 0 radical (unpaired) electrons. The standard InChI is InChI=1S/C14H16BrFO2/c1-2-3-4-5-11(17)9-14(18)12-8-10(15)6-7-13(12)16/h6-8H,2-5,9H2,1H3. The van der Waals surface area contributed by atoms with Gasteiger partial charge in [0, 0.05) is 10.9 Å². The molecule has 2 nitrogen and oxygen atoms in total. The molecule has 0 aliphatic carbocycles. The molecule has 1 aromatic carbocycles. The van der Waals surface area contributed by atoms with Crippen LogP contribution in [0.5, 0.6) is 0 Å². The number of rotatable bonds is 7. The number of unbranched alkanes of at least 4 members (excludes halogenated alkanes) is 2. The molecule has 0 saturated carbocycles. The highest BCUT2D eigenvalue weighted by molar-refractivity contribution is 9.10. The summed E-state index contributed by atoms with van der Waals surface area (Å²) >= 11 is 3.18. The van der Waals surface area contributed by atoms with Crippen LogP contribution in [0.25, 0.3) is 0 Å². The van der Waals surface area contributed by atoms with E-state index in [0.29, 0.717) is 10.9 Å². The first kappa shape index (κ1) is 15.0. The van der Waals surface area contributed by atoms with Crippen molar-refractivity contribution in [2.45, 2.75) is 39.0 Å². The summed E-state index contributed by atoms with van der Waals surface area (Å²) in [5.41, 5.74) is -0.0202. The van der Waals surface area contributed by atoms with Gasteiger partial charge in [-0.1, -0.05) is 35.7 Å². The zero-order valence-electron chi connectivity index (χ0n) is 10.3. The SMILES string of the molecule is CCCCCC(=O)CC(=O)c1cc(Br)ccc1F. The number of ketones is 2.